The average Bonchev–Trinajstić information content (AvgIpc) is 2.39. The second-order valence-electron chi connectivity index (χ2n) is 5.06. The van der Waals surface area contributed by atoms with Crippen molar-refractivity contribution < 1.29 is 4.74 Å². The Morgan fingerprint density at radius 1 is 1.26 bits per heavy atom. The Kier molecular flexibility index (Phi) is 4.76. The summed E-state index contributed by atoms with van der Waals surface area (Å²) in [4.78, 5) is 12.3. The van der Waals surface area contributed by atoms with Crippen molar-refractivity contribution in [2.24, 2.45) is 5.92 Å². The van der Waals surface area contributed by atoms with E-state index < -0.39 is 0 Å². The predicted molar refractivity (Wildman–Crippen MR) is 75.1 cm³/mol. The van der Waals surface area contributed by atoms with E-state index in [-0.39, 0.29) is 12.0 Å². The van der Waals surface area contributed by atoms with E-state index in [1.807, 2.05) is 6.92 Å². The summed E-state index contributed by atoms with van der Waals surface area (Å²) in [5.41, 5.74) is 5.66. The number of hydrogen-bond donors (Lipinski definition) is 2. The van der Waals surface area contributed by atoms with Gasteiger partial charge < -0.3 is 15.8 Å². The van der Waals surface area contributed by atoms with Crippen molar-refractivity contribution in [2.45, 2.75) is 52.0 Å². The number of nitrogen functional groups attached to an aromatic ring is 1. The highest BCUT2D eigenvalue weighted by Gasteiger charge is 2.21. The SMILES string of the molecule is CCOc1nc(N)nc(NC(C)C2CCCCC2)n1. The first kappa shape index (κ1) is 13.8. The van der Waals surface area contributed by atoms with E-state index in [2.05, 4.69) is 27.2 Å². The van der Waals surface area contributed by atoms with E-state index in [1.54, 1.807) is 0 Å². The monoisotopic (exact) mass is 265 g/mol. The van der Waals surface area contributed by atoms with E-state index in [0.717, 1.165) is 0 Å². The highest BCUT2D eigenvalue weighted by atomic mass is 16.5. The zero-order valence-corrected chi connectivity index (χ0v) is 11.7. The molecule has 1 aliphatic carbocycles. The van der Waals surface area contributed by atoms with Crippen LogP contribution in [0.4, 0.5) is 11.9 Å². The van der Waals surface area contributed by atoms with E-state index >= 15 is 0 Å². The van der Waals surface area contributed by atoms with Gasteiger partial charge in [-0.1, -0.05) is 19.3 Å². The zero-order valence-electron chi connectivity index (χ0n) is 11.7. The van der Waals surface area contributed by atoms with Gasteiger partial charge in [0, 0.05) is 6.04 Å². The van der Waals surface area contributed by atoms with Gasteiger partial charge in [-0.3, -0.25) is 0 Å². The second-order valence-corrected chi connectivity index (χ2v) is 5.06. The molecule has 0 radical (unpaired) electrons. The van der Waals surface area contributed by atoms with Gasteiger partial charge in [0.15, 0.2) is 0 Å². The molecule has 1 atom stereocenters. The molecule has 1 saturated carbocycles. The number of ether oxygens (including phenoxy) is 1. The maximum atomic E-state index is 5.66. The van der Waals surface area contributed by atoms with Crippen molar-refractivity contribution in [3.63, 3.8) is 0 Å². The van der Waals surface area contributed by atoms with Gasteiger partial charge in [0.05, 0.1) is 6.61 Å². The van der Waals surface area contributed by atoms with E-state index in [9.17, 15) is 0 Å². The lowest BCUT2D eigenvalue weighted by Gasteiger charge is -2.28. The van der Waals surface area contributed by atoms with Gasteiger partial charge in [0.1, 0.15) is 0 Å². The van der Waals surface area contributed by atoms with Gasteiger partial charge in [-0.05, 0) is 32.6 Å². The van der Waals surface area contributed by atoms with Crippen LogP contribution in [0.5, 0.6) is 6.01 Å². The number of rotatable bonds is 5. The van der Waals surface area contributed by atoms with Crippen LogP contribution in [0.3, 0.4) is 0 Å². The van der Waals surface area contributed by atoms with Crippen molar-refractivity contribution >= 4 is 11.9 Å². The van der Waals surface area contributed by atoms with Crippen LogP contribution in [0, 0.1) is 5.92 Å². The molecule has 1 unspecified atom stereocenters. The fraction of sp³-hybridized carbons (Fsp3) is 0.769. The third-order valence-electron chi connectivity index (χ3n) is 3.62. The lowest BCUT2D eigenvalue weighted by atomic mass is 9.85. The first-order valence-electron chi connectivity index (χ1n) is 7.10. The van der Waals surface area contributed by atoms with Crippen molar-refractivity contribution in [3.05, 3.63) is 0 Å². The molecule has 19 heavy (non-hydrogen) atoms. The summed E-state index contributed by atoms with van der Waals surface area (Å²) in [6.07, 6.45) is 6.54. The predicted octanol–water partition coefficient (Wildman–Crippen LogP) is 2.23. The molecule has 1 aromatic heterocycles. The Balaban J connectivity index is 2.00. The minimum absolute atomic E-state index is 0.191. The number of hydrogen-bond acceptors (Lipinski definition) is 6. The fourth-order valence-corrected chi connectivity index (χ4v) is 2.59. The maximum absolute atomic E-state index is 5.66. The highest BCUT2D eigenvalue weighted by Crippen LogP contribution is 2.27. The molecule has 1 aromatic rings. The third-order valence-corrected chi connectivity index (χ3v) is 3.62. The molecule has 3 N–H and O–H groups in total. The molecule has 0 saturated heterocycles. The molecule has 6 heteroatoms. The van der Waals surface area contributed by atoms with E-state index in [0.29, 0.717) is 24.5 Å². The lowest BCUT2D eigenvalue weighted by Crippen LogP contribution is -2.28. The number of nitrogens with two attached hydrogens (primary N) is 1. The molecule has 1 fully saturated rings. The third kappa shape index (κ3) is 3.94. The van der Waals surface area contributed by atoms with Gasteiger partial charge >= 0.3 is 6.01 Å². The molecule has 0 amide bonds. The lowest BCUT2D eigenvalue weighted by molar-refractivity contribution is 0.310. The second kappa shape index (κ2) is 6.54. The minimum Gasteiger partial charge on any atom is -0.464 e. The van der Waals surface area contributed by atoms with Gasteiger partial charge in [-0.15, -0.1) is 0 Å². The molecule has 0 bridgehead atoms. The Bertz CT molecular complexity index is 406. The Labute approximate surface area is 114 Å². The largest absolute Gasteiger partial charge is 0.464 e. The summed E-state index contributed by atoms with van der Waals surface area (Å²) in [5, 5.41) is 3.33. The van der Waals surface area contributed by atoms with Crippen LogP contribution >= 0.6 is 0 Å². The van der Waals surface area contributed by atoms with Crippen LogP contribution in [0.15, 0.2) is 0 Å². The van der Waals surface area contributed by atoms with Crippen LogP contribution in [0.2, 0.25) is 0 Å². The summed E-state index contributed by atoms with van der Waals surface area (Å²) in [6.45, 7) is 4.58. The summed E-state index contributed by atoms with van der Waals surface area (Å²) in [5.74, 6) is 1.38. The molecule has 1 heterocycles. The van der Waals surface area contributed by atoms with Crippen LogP contribution in [0.25, 0.3) is 0 Å². The summed E-state index contributed by atoms with van der Waals surface area (Å²) in [7, 11) is 0. The molecule has 0 aliphatic heterocycles. The van der Waals surface area contributed by atoms with Crippen LogP contribution in [-0.2, 0) is 0 Å². The van der Waals surface area contributed by atoms with Crippen LogP contribution < -0.4 is 15.8 Å². The van der Waals surface area contributed by atoms with Crippen LogP contribution in [0.1, 0.15) is 46.0 Å². The Morgan fingerprint density at radius 3 is 2.68 bits per heavy atom. The van der Waals surface area contributed by atoms with E-state index in [1.165, 1.54) is 32.1 Å². The molecule has 106 valence electrons. The van der Waals surface area contributed by atoms with Crippen molar-refractivity contribution in [1.29, 1.82) is 0 Å². The average molecular weight is 265 g/mol. The smallest absolute Gasteiger partial charge is 0.323 e. The van der Waals surface area contributed by atoms with Crippen molar-refractivity contribution in [3.8, 4) is 6.01 Å². The van der Waals surface area contributed by atoms with E-state index in [4.69, 9.17) is 10.5 Å². The summed E-state index contributed by atoms with van der Waals surface area (Å²) < 4.78 is 5.27. The van der Waals surface area contributed by atoms with Gasteiger partial charge in [-0.2, -0.15) is 15.0 Å². The standard InChI is InChI=1S/C13H23N5O/c1-3-19-13-17-11(14)16-12(18-13)15-9(2)10-7-5-4-6-8-10/h9-10H,3-8H2,1-2H3,(H3,14,15,16,17,18). The van der Waals surface area contributed by atoms with Crippen LogP contribution in [-0.4, -0.2) is 27.6 Å². The highest BCUT2D eigenvalue weighted by molar-refractivity contribution is 5.33. The van der Waals surface area contributed by atoms with Gasteiger partial charge in [-0.25, -0.2) is 0 Å². The molecule has 0 aromatic carbocycles. The number of anilines is 2. The number of nitrogens with zero attached hydrogens (tertiary/aromatic N) is 3. The van der Waals surface area contributed by atoms with Crippen molar-refractivity contribution in [2.75, 3.05) is 17.7 Å². The Hall–Kier alpha value is -1.59. The van der Waals surface area contributed by atoms with Gasteiger partial charge in [0.25, 0.3) is 0 Å². The van der Waals surface area contributed by atoms with Gasteiger partial charge in [0.2, 0.25) is 11.9 Å². The molecular formula is C13H23N5O. The molecule has 0 spiro atoms. The maximum Gasteiger partial charge on any atom is 0.323 e. The first-order valence-corrected chi connectivity index (χ1v) is 7.10. The topological polar surface area (TPSA) is 86.0 Å². The Morgan fingerprint density at radius 2 is 2.00 bits per heavy atom. The van der Waals surface area contributed by atoms with Crippen molar-refractivity contribution in [1.82, 2.24) is 15.0 Å². The molecule has 2 rings (SSSR count). The summed E-state index contributed by atoms with van der Waals surface area (Å²) >= 11 is 0. The number of aromatic nitrogens is 3. The fourth-order valence-electron chi connectivity index (χ4n) is 2.59. The zero-order chi connectivity index (χ0) is 13.7. The number of nitrogens with one attached hydrogen (secondary N) is 1. The summed E-state index contributed by atoms with van der Waals surface area (Å²) in [6, 6.07) is 0.630. The molecular weight excluding hydrogens is 242 g/mol. The first-order chi connectivity index (χ1) is 9.19. The molecule has 6 nitrogen and oxygen atoms in total. The quantitative estimate of drug-likeness (QED) is 0.849. The molecule has 1 aliphatic rings. The normalized spacial score (nSPS) is 18.0. The minimum atomic E-state index is 0.191.